The summed E-state index contributed by atoms with van der Waals surface area (Å²) in [4.78, 5) is 26.6. The first-order valence-corrected chi connectivity index (χ1v) is 12.6. The monoisotopic (exact) mass is 446 g/mol. The molecular formula is C25H38N2O3S. The molecule has 2 saturated carbocycles. The second kappa shape index (κ2) is 11.9. The molecule has 0 unspecified atom stereocenters. The number of carbonyl (C=O) groups is 2. The third-order valence-corrected chi connectivity index (χ3v) is 7.54. The number of ether oxygens (including phenoxy) is 1. The van der Waals surface area contributed by atoms with Gasteiger partial charge in [-0.1, -0.05) is 49.6 Å². The number of hydrogen-bond donors (Lipinski definition) is 3. The molecular weight excluding hydrogens is 408 g/mol. The highest BCUT2D eigenvalue weighted by Gasteiger charge is 2.42. The fourth-order valence-corrected chi connectivity index (χ4v) is 5.38. The van der Waals surface area contributed by atoms with Crippen LogP contribution in [0.15, 0.2) is 30.3 Å². The van der Waals surface area contributed by atoms with Gasteiger partial charge in [-0.05, 0) is 51.0 Å². The Morgan fingerprint density at radius 3 is 2.39 bits per heavy atom. The van der Waals surface area contributed by atoms with Crippen molar-refractivity contribution >= 4 is 24.4 Å². The molecule has 2 N–H and O–H groups in total. The van der Waals surface area contributed by atoms with Crippen molar-refractivity contribution in [2.24, 2.45) is 5.41 Å². The molecule has 1 aromatic rings. The molecule has 3 rings (SSSR count). The summed E-state index contributed by atoms with van der Waals surface area (Å²) in [6.07, 6.45) is 9.53. The molecule has 2 aliphatic rings. The van der Waals surface area contributed by atoms with Gasteiger partial charge in [-0.2, -0.15) is 12.6 Å². The van der Waals surface area contributed by atoms with Gasteiger partial charge >= 0.3 is 0 Å². The molecule has 2 fully saturated rings. The van der Waals surface area contributed by atoms with Gasteiger partial charge < -0.3 is 15.4 Å². The zero-order chi connectivity index (χ0) is 22.1. The van der Waals surface area contributed by atoms with Crippen LogP contribution in [-0.4, -0.2) is 42.4 Å². The Morgan fingerprint density at radius 2 is 1.77 bits per heavy atom. The maximum Gasteiger partial charge on any atom is 0.243 e. The molecule has 31 heavy (non-hydrogen) atoms. The summed E-state index contributed by atoms with van der Waals surface area (Å²) in [5.74, 6) is 0.374. The number of amides is 2. The highest BCUT2D eigenvalue weighted by atomic mass is 32.1. The van der Waals surface area contributed by atoms with Gasteiger partial charge in [0.15, 0.2) is 0 Å². The molecule has 2 aliphatic carbocycles. The molecule has 1 aromatic carbocycles. The summed E-state index contributed by atoms with van der Waals surface area (Å²) < 4.78 is 5.76. The second-order valence-electron chi connectivity index (χ2n) is 9.15. The van der Waals surface area contributed by atoms with Crippen LogP contribution in [0.4, 0.5) is 0 Å². The van der Waals surface area contributed by atoms with E-state index >= 15 is 0 Å². The number of nitrogens with one attached hydrogen (secondary N) is 2. The summed E-state index contributed by atoms with van der Waals surface area (Å²) in [6.45, 7) is 2.71. The van der Waals surface area contributed by atoms with Gasteiger partial charge in [-0.15, -0.1) is 0 Å². The van der Waals surface area contributed by atoms with E-state index in [1.165, 1.54) is 6.42 Å². The molecule has 0 aromatic heterocycles. The SMILES string of the molecule is CCOC1CCC(CS)(C(=O)N[C@@H](Cc2ccccc2)C(=O)NC2CCCCC2)CC1. The number of benzene rings is 1. The van der Waals surface area contributed by atoms with Crippen LogP contribution < -0.4 is 10.6 Å². The van der Waals surface area contributed by atoms with Crippen LogP contribution in [0.2, 0.25) is 0 Å². The summed E-state index contributed by atoms with van der Waals surface area (Å²) >= 11 is 4.55. The molecule has 1 atom stereocenters. The summed E-state index contributed by atoms with van der Waals surface area (Å²) in [5, 5.41) is 6.33. The Bertz CT molecular complexity index is 698. The lowest BCUT2D eigenvalue weighted by Gasteiger charge is -2.38. The Morgan fingerprint density at radius 1 is 1.10 bits per heavy atom. The van der Waals surface area contributed by atoms with Crippen LogP contribution in [0, 0.1) is 5.41 Å². The van der Waals surface area contributed by atoms with E-state index in [4.69, 9.17) is 4.74 Å². The summed E-state index contributed by atoms with van der Waals surface area (Å²) in [5.41, 5.74) is 0.517. The second-order valence-corrected chi connectivity index (χ2v) is 9.47. The minimum atomic E-state index is -0.571. The highest BCUT2D eigenvalue weighted by molar-refractivity contribution is 7.80. The van der Waals surface area contributed by atoms with Gasteiger partial charge in [0.25, 0.3) is 0 Å². The van der Waals surface area contributed by atoms with Crippen molar-refractivity contribution in [1.29, 1.82) is 0 Å². The van der Waals surface area contributed by atoms with Gasteiger partial charge in [0.05, 0.1) is 11.5 Å². The summed E-state index contributed by atoms with van der Waals surface area (Å²) in [7, 11) is 0. The van der Waals surface area contributed by atoms with Crippen molar-refractivity contribution in [3.8, 4) is 0 Å². The van der Waals surface area contributed by atoms with Crippen LogP contribution >= 0.6 is 12.6 Å². The number of carbonyl (C=O) groups excluding carboxylic acids is 2. The Hall–Kier alpha value is -1.53. The molecule has 0 bridgehead atoms. The van der Waals surface area contributed by atoms with Gasteiger partial charge in [0.1, 0.15) is 6.04 Å². The normalized spacial score (nSPS) is 25.5. The fourth-order valence-electron chi connectivity index (χ4n) is 4.92. The molecule has 0 spiro atoms. The molecule has 0 heterocycles. The van der Waals surface area contributed by atoms with E-state index in [9.17, 15) is 9.59 Å². The van der Waals surface area contributed by atoms with Crippen LogP contribution in [0.3, 0.4) is 0 Å². The zero-order valence-electron chi connectivity index (χ0n) is 18.8. The van der Waals surface area contributed by atoms with Crippen molar-refractivity contribution in [2.45, 2.75) is 89.3 Å². The van der Waals surface area contributed by atoms with Gasteiger partial charge in [-0.25, -0.2) is 0 Å². The standard InChI is InChI=1S/C25H38N2O3S/c1-2-30-21-13-15-25(18-31,16-14-21)24(29)27-22(17-19-9-5-3-6-10-19)23(28)26-20-11-7-4-8-12-20/h3,5-6,9-10,20-22,31H,2,4,7-8,11-18H2,1H3,(H,26,28)(H,27,29)/t21?,22-,25?/m0/s1. The van der Waals surface area contributed by atoms with E-state index in [1.54, 1.807) is 0 Å². The smallest absolute Gasteiger partial charge is 0.243 e. The lowest BCUT2D eigenvalue weighted by Crippen LogP contribution is -2.55. The molecule has 6 heteroatoms. The van der Waals surface area contributed by atoms with Crippen molar-refractivity contribution in [3.63, 3.8) is 0 Å². The number of rotatable bonds is 9. The van der Waals surface area contributed by atoms with Gasteiger partial charge in [0.2, 0.25) is 11.8 Å². The third-order valence-electron chi connectivity index (χ3n) is 6.93. The van der Waals surface area contributed by atoms with Crippen molar-refractivity contribution < 1.29 is 14.3 Å². The Balaban J connectivity index is 1.68. The van der Waals surface area contributed by atoms with E-state index in [2.05, 4.69) is 23.3 Å². The van der Waals surface area contributed by atoms with Crippen molar-refractivity contribution in [1.82, 2.24) is 10.6 Å². The fraction of sp³-hybridized carbons (Fsp3) is 0.680. The lowest BCUT2D eigenvalue weighted by atomic mass is 9.73. The molecule has 5 nitrogen and oxygen atoms in total. The molecule has 0 radical (unpaired) electrons. The van der Waals surface area contributed by atoms with E-state index in [0.717, 1.165) is 56.9 Å². The first-order chi connectivity index (χ1) is 15.1. The lowest BCUT2D eigenvalue weighted by molar-refractivity contribution is -0.137. The van der Waals surface area contributed by atoms with Crippen molar-refractivity contribution in [3.05, 3.63) is 35.9 Å². The van der Waals surface area contributed by atoms with Crippen LogP contribution in [-0.2, 0) is 20.7 Å². The predicted molar refractivity (Wildman–Crippen MR) is 127 cm³/mol. The van der Waals surface area contributed by atoms with E-state index in [1.807, 2.05) is 37.3 Å². The third kappa shape index (κ3) is 6.72. The molecule has 0 saturated heterocycles. The Labute approximate surface area is 192 Å². The van der Waals surface area contributed by atoms with E-state index in [0.29, 0.717) is 18.8 Å². The minimum absolute atomic E-state index is 0.0443. The first-order valence-electron chi connectivity index (χ1n) is 11.9. The highest BCUT2D eigenvalue weighted by Crippen LogP contribution is 2.39. The van der Waals surface area contributed by atoms with Crippen LogP contribution in [0.25, 0.3) is 0 Å². The van der Waals surface area contributed by atoms with Crippen LogP contribution in [0.1, 0.15) is 70.3 Å². The maximum atomic E-state index is 13.4. The van der Waals surface area contributed by atoms with Gasteiger partial charge in [-0.3, -0.25) is 9.59 Å². The first kappa shape index (κ1) is 24.1. The summed E-state index contributed by atoms with van der Waals surface area (Å²) in [6, 6.07) is 9.57. The molecule has 2 amide bonds. The largest absolute Gasteiger partial charge is 0.379 e. The Kier molecular flexibility index (Phi) is 9.27. The quantitative estimate of drug-likeness (QED) is 0.501. The topological polar surface area (TPSA) is 67.4 Å². The molecule has 0 aliphatic heterocycles. The van der Waals surface area contributed by atoms with Gasteiger partial charge in [0, 0.05) is 24.8 Å². The van der Waals surface area contributed by atoms with Crippen molar-refractivity contribution in [2.75, 3.05) is 12.4 Å². The maximum absolute atomic E-state index is 13.4. The van der Waals surface area contributed by atoms with Crippen LogP contribution in [0.5, 0.6) is 0 Å². The van der Waals surface area contributed by atoms with E-state index in [-0.39, 0.29) is 24.0 Å². The average Bonchev–Trinajstić information content (AvgIpc) is 2.81. The number of hydrogen-bond acceptors (Lipinski definition) is 4. The zero-order valence-corrected chi connectivity index (χ0v) is 19.7. The van der Waals surface area contributed by atoms with E-state index < -0.39 is 11.5 Å². The predicted octanol–water partition coefficient (Wildman–Crippen LogP) is 4.06. The average molecular weight is 447 g/mol. The number of thiol groups is 1. The minimum Gasteiger partial charge on any atom is -0.379 e. The molecule has 172 valence electrons.